The van der Waals surface area contributed by atoms with Crippen LogP contribution in [0.5, 0.6) is 0 Å². The Kier molecular flexibility index (Phi) is 6.26. The van der Waals surface area contributed by atoms with Gasteiger partial charge in [-0.25, -0.2) is 0 Å². The molecule has 2 nitrogen and oxygen atoms in total. The molecule has 0 atom stereocenters. The maximum absolute atomic E-state index is 2.58. The maximum atomic E-state index is 2.58. The first-order valence-electron chi connectivity index (χ1n) is 6.67. The van der Waals surface area contributed by atoms with Crippen LogP contribution in [-0.4, -0.2) is 49.6 Å². The molecule has 0 amide bonds. The minimum Gasteiger partial charge on any atom is -0.306 e. The van der Waals surface area contributed by atoms with Crippen LogP contribution < -0.4 is 0 Å². The van der Waals surface area contributed by atoms with Crippen LogP contribution in [0.25, 0.3) is 0 Å². The van der Waals surface area contributed by atoms with Gasteiger partial charge < -0.3 is 9.80 Å². The first-order valence-corrected chi connectivity index (χ1v) is 6.67. The van der Waals surface area contributed by atoms with E-state index >= 15 is 0 Å². The van der Waals surface area contributed by atoms with E-state index in [0.717, 1.165) is 5.92 Å². The number of hydrogen-bond acceptors (Lipinski definition) is 2. The van der Waals surface area contributed by atoms with Crippen LogP contribution >= 0.6 is 0 Å². The Morgan fingerprint density at radius 2 is 1.80 bits per heavy atom. The van der Waals surface area contributed by atoms with Gasteiger partial charge in [-0.3, -0.25) is 0 Å². The minimum absolute atomic E-state index is 0.993. The van der Waals surface area contributed by atoms with Gasteiger partial charge in [-0.1, -0.05) is 13.8 Å². The Labute approximate surface area is 95.6 Å². The second-order valence-electron chi connectivity index (χ2n) is 4.97. The Hall–Kier alpha value is -0.0800. The topological polar surface area (TPSA) is 6.48 Å². The summed E-state index contributed by atoms with van der Waals surface area (Å²) in [6, 6.07) is 0. The van der Waals surface area contributed by atoms with Gasteiger partial charge in [0.15, 0.2) is 0 Å². The quantitative estimate of drug-likeness (QED) is 0.667. The summed E-state index contributed by atoms with van der Waals surface area (Å²) in [5.74, 6) is 0.993. The molecule has 1 saturated heterocycles. The molecule has 1 fully saturated rings. The van der Waals surface area contributed by atoms with Crippen molar-refractivity contribution in [1.82, 2.24) is 9.80 Å². The second kappa shape index (κ2) is 7.24. The van der Waals surface area contributed by atoms with Crippen LogP contribution in [0.15, 0.2) is 0 Å². The lowest BCUT2D eigenvalue weighted by Crippen LogP contribution is -2.34. The molecule has 90 valence electrons. The molecule has 1 rings (SSSR count). The van der Waals surface area contributed by atoms with Gasteiger partial charge in [0.1, 0.15) is 0 Å². The molecule has 0 spiro atoms. The highest BCUT2D eigenvalue weighted by Gasteiger charge is 2.17. The molecule has 1 aliphatic rings. The fraction of sp³-hybridized carbons (Fsp3) is 1.00. The number of piperidine rings is 1. The first-order chi connectivity index (χ1) is 7.26. The molecule has 0 aliphatic carbocycles. The maximum Gasteiger partial charge on any atom is -0.00162 e. The molecule has 0 unspecified atom stereocenters. The average molecular weight is 212 g/mol. The van der Waals surface area contributed by atoms with Crippen molar-refractivity contribution in [3.05, 3.63) is 0 Å². The van der Waals surface area contributed by atoms with Crippen molar-refractivity contribution in [2.75, 3.05) is 39.8 Å². The van der Waals surface area contributed by atoms with Crippen molar-refractivity contribution in [3.63, 3.8) is 0 Å². The molecule has 0 aromatic rings. The Morgan fingerprint density at radius 1 is 1.13 bits per heavy atom. The standard InChI is InChI=1S/C13H28N2/c1-4-9-14(3)10-6-13-7-11-15(5-2)12-8-13/h13H,4-12H2,1-3H3. The van der Waals surface area contributed by atoms with Gasteiger partial charge in [0.2, 0.25) is 0 Å². The number of likely N-dealkylation sites (tertiary alicyclic amines) is 1. The second-order valence-corrected chi connectivity index (χ2v) is 4.97. The first kappa shape index (κ1) is 13.0. The van der Waals surface area contributed by atoms with Crippen molar-refractivity contribution in [1.29, 1.82) is 0 Å². The normalized spacial score (nSPS) is 20.0. The fourth-order valence-corrected chi connectivity index (χ4v) is 2.49. The van der Waals surface area contributed by atoms with Crippen molar-refractivity contribution in [2.24, 2.45) is 5.92 Å². The van der Waals surface area contributed by atoms with Gasteiger partial charge in [0.25, 0.3) is 0 Å². The summed E-state index contributed by atoms with van der Waals surface area (Å²) >= 11 is 0. The molecule has 0 aromatic carbocycles. The van der Waals surface area contributed by atoms with Gasteiger partial charge >= 0.3 is 0 Å². The van der Waals surface area contributed by atoms with Gasteiger partial charge in [-0.2, -0.15) is 0 Å². The largest absolute Gasteiger partial charge is 0.306 e. The molecule has 0 bridgehead atoms. The Balaban J connectivity index is 2.08. The van der Waals surface area contributed by atoms with Gasteiger partial charge in [-0.05, 0) is 71.4 Å². The minimum atomic E-state index is 0.993. The molecule has 15 heavy (non-hydrogen) atoms. The lowest BCUT2D eigenvalue weighted by atomic mass is 9.93. The van der Waals surface area contributed by atoms with Crippen LogP contribution in [-0.2, 0) is 0 Å². The van der Waals surface area contributed by atoms with Gasteiger partial charge in [0, 0.05) is 0 Å². The molecule has 0 saturated carbocycles. The summed E-state index contributed by atoms with van der Waals surface area (Å²) in [6.07, 6.45) is 5.54. The fourth-order valence-electron chi connectivity index (χ4n) is 2.49. The molecule has 0 N–H and O–H groups in total. The average Bonchev–Trinajstić information content (AvgIpc) is 2.27. The zero-order chi connectivity index (χ0) is 11.1. The lowest BCUT2D eigenvalue weighted by molar-refractivity contribution is 0.175. The zero-order valence-electron chi connectivity index (χ0n) is 10.8. The van der Waals surface area contributed by atoms with Gasteiger partial charge in [-0.15, -0.1) is 0 Å². The summed E-state index contributed by atoms with van der Waals surface area (Å²) in [5, 5.41) is 0. The summed E-state index contributed by atoms with van der Waals surface area (Å²) in [7, 11) is 2.25. The Morgan fingerprint density at radius 3 is 2.33 bits per heavy atom. The van der Waals surface area contributed by atoms with Crippen molar-refractivity contribution in [2.45, 2.75) is 39.5 Å². The molecular formula is C13H28N2. The molecule has 2 heteroatoms. The van der Waals surface area contributed by atoms with Crippen LogP contribution in [0, 0.1) is 5.92 Å². The van der Waals surface area contributed by atoms with Crippen molar-refractivity contribution >= 4 is 0 Å². The van der Waals surface area contributed by atoms with E-state index in [-0.39, 0.29) is 0 Å². The van der Waals surface area contributed by atoms with E-state index < -0.39 is 0 Å². The van der Waals surface area contributed by atoms with E-state index in [4.69, 9.17) is 0 Å². The smallest absolute Gasteiger partial charge is 0.00162 e. The van der Waals surface area contributed by atoms with Crippen LogP contribution in [0.3, 0.4) is 0 Å². The summed E-state index contributed by atoms with van der Waals surface area (Å²) in [5.41, 5.74) is 0. The Bertz CT molecular complexity index is 151. The summed E-state index contributed by atoms with van der Waals surface area (Å²) in [6.45, 7) is 11.0. The number of rotatable bonds is 6. The summed E-state index contributed by atoms with van der Waals surface area (Å²) in [4.78, 5) is 5.05. The number of nitrogens with zero attached hydrogens (tertiary/aromatic N) is 2. The zero-order valence-corrected chi connectivity index (χ0v) is 10.8. The third-order valence-electron chi connectivity index (χ3n) is 3.68. The van der Waals surface area contributed by atoms with Crippen LogP contribution in [0.2, 0.25) is 0 Å². The third kappa shape index (κ3) is 4.98. The predicted molar refractivity (Wildman–Crippen MR) is 67.2 cm³/mol. The van der Waals surface area contributed by atoms with E-state index in [1.807, 2.05) is 0 Å². The number of hydrogen-bond donors (Lipinski definition) is 0. The molecular weight excluding hydrogens is 184 g/mol. The summed E-state index contributed by atoms with van der Waals surface area (Å²) < 4.78 is 0. The van der Waals surface area contributed by atoms with Crippen molar-refractivity contribution in [3.8, 4) is 0 Å². The van der Waals surface area contributed by atoms with E-state index in [1.54, 1.807) is 0 Å². The van der Waals surface area contributed by atoms with E-state index in [2.05, 4.69) is 30.7 Å². The predicted octanol–water partition coefficient (Wildman–Crippen LogP) is 2.45. The molecule has 1 heterocycles. The molecule has 0 aromatic heterocycles. The highest BCUT2D eigenvalue weighted by atomic mass is 15.1. The molecule has 0 radical (unpaired) electrons. The van der Waals surface area contributed by atoms with Crippen LogP contribution in [0.1, 0.15) is 39.5 Å². The molecule has 1 aliphatic heterocycles. The third-order valence-corrected chi connectivity index (χ3v) is 3.68. The van der Waals surface area contributed by atoms with E-state index in [1.165, 1.54) is 58.4 Å². The lowest BCUT2D eigenvalue weighted by Gasteiger charge is -2.31. The van der Waals surface area contributed by atoms with Crippen molar-refractivity contribution < 1.29 is 0 Å². The van der Waals surface area contributed by atoms with E-state index in [0.29, 0.717) is 0 Å². The van der Waals surface area contributed by atoms with E-state index in [9.17, 15) is 0 Å². The SMILES string of the molecule is CCCN(C)CCC1CCN(CC)CC1. The monoisotopic (exact) mass is 212 g/mol. The van der Waals surface area contributed by atoms with Gasteiger partial charge in [0.05, 0.1) is 0 Å². The van der Waals surface area contributed by atoms with Crippen LogP contribution in [0.4, 0.5) is 0 Å². The highest BCUT2D eigenvalue weighted by molar-refractivity contribution is 4.72. The highest BCUT2D eigenvalue weighted by Crippen LogP contribution is 2.20.